The number of fused-ring (bicyclic) bond motifs is 4. The number of nitrogens with zero attached hydrogens (tertiary/aromatic N) is 4. The van der Waals surface area contributed by atoms with Gasteiger partial charge in [-0.05, 0) is 81.1 Å². The highest BCUT2D eigenvalue weighted by Crippen LogP contribution is 2.47. The Hall–Kier alpha value is -4.79. The highest BCUT2D eigenvalue weighted by atomic mass is 16.5. The lowest BCUT2D eigenvalue weighted by molar-refractivity contribution is -0.146. The molecule has 1 aliphatic carbocycles. The average molecular weight is 619 g/mol. The summed E-state index contributed by atoms with van der Waals surface area (Å²) in [5.74, 6) is -2.97. The normalized spacial score (nSPS) is 25.0. The Morgan fingerprint density at radius 2 is 1.61 bits per heavy atom. The predicted molar refractivity (Wildman–Crippen MR) is 179 cm³/mol. The van der Waals surface area contributed by atoms with Crippen molar-refractivity contribution in [3.63, 3.8) is 0 Å². The maximum absolute atomic E-state index is 14.1. The molecule has 1 saturated carbocycles. The Morgan fingerprint density at radius 3 is 2.28 bits per heavy atom. The summed E-state index contributed by atoms with van der Waals surface area (Å²) in [5.41, 5.74) is 11.0. The second-order valence-electron chi connectivity index (χ2n) is 12.1. The smallest absolute Gasteiger partial charge is 0.321 e. The van der Waals surface area contributed by atoms with Gasteiger partial charge in [-0.25, -0.2) is 15.0 Å². The summed E-state index contributed by atoms with van der Waals surface area (Å²) in [5, 5.41) is 0. The van der Waals surface area contributed by atoms with Gasteiger partial charge < -0.3 is 9.47 Å². The van der Waals surface area contributed by atoms with E-state index in [0.717, 1.165) is 57.2 Å². The van der Waals surface area contributed by atoms with E-state index >= 15 is 0 Å². The standard InChI is InChI=1S/C37H38N4O5/c1-9-21-17(4)24-14-26-19(6)23(12-13-30(42)46-11-3)34(40-26)32-33(37(44)45-8)36(43)31-20(7)27(41-35(31)32)16-29-22(10-2)18(5)25(39-29)15-28(21)38-24/h9,14-16,19,23,33H,1,10-13H2,2-8H3/t19-,23-,33+/m0/s1. The van der Waals surface area contributed by atoms with Gasteiger partial charge in [-0.1, -0.05) is 26.5 Å². The van der Waals surface area contributed by atoms with Gasteiger partial charge in [0.15, 0.2) is 5.78 Å². The van der Waals surface area contributed by atoms with Crippen LogP contribution in [-0.2, 0) is 23.9 Å². The molecule has 9 heteroatoms. The van der Waals surface area contributed by atoms with Crippen LogP contribution >= 0.6 is 0 Å². The Labute approximate surface area is 269 Å². The van der Waals surface area contributed by atoms with Crippen LogP contribution in [0.15, 0.2) is 113 Å². The highest BCUT2D eigenvalue weighted by Gasteiger charge is 2.51. The number of Topliss-reactive ketones (excluding diaryl/α,β-unsaturated/α-hetero) is 1. The predicted octanol–water partition coefficient (Wildman–Crippen LogP) is 6.24. The molecule has 0 amide bonds. The fraction of sp³-hybridized carbons (Fsp3) is 0.378. The minimum absolute atomic E-state index is 0.156. The summed E-state index contributed by atoms with van der Waals surface area (Å²) >= 11 is 0. The van der Waals surface area contributed by atoms with Crippen LogP contribution in [0.5, 0.6) is 0 Å². The third-order valence-electron chi connectivity index (χ3n) is 9.71. The lowest BCUT2D eigenvalue weighted by Crippen LogP contribution is -2.25. The van der Waals surface area contributed by atoms with E-state index in [1.54, 1.807) is 6.92 Å². The average Bonchev–Trinajstić information content (AvgIpc) is 3.77. The number of esters is 2. The molecule has 0 spiro atoms. The highest BCUT2D eigenvalue weighted by molar-refractivity contribution is 6.42. The van der Waals surface area contributed by atoms with Crippen molar-refractivity contribution in [2.24, 2.45) is 37.7 Å². The number of rotatable bonds is 7. The SMILES string of the molecule is C=CC1=C(C)C2=CC3=NC(=C4C5=NC(=CC6=NC(=CC1=N2)C(C)=C6CC)C(C)=C5C(=O)[C@@H]4C(=O)OC)[C@@H](CCC(=O)OCC)[C@@H]3C. The largest absolute Gasteiger partial charge is 0.468 e. The van der Waals surface area contributed by atoms with Gasteiger partial charge in [-0.3, -0.25) is 19.4 Å². The van der Waals surface area contributed by atoms with Gasteiger partial charge in [-0.2, -0.15) is 0 Å². The van der Waals surface area contributed by atoms with Crippen molar-refractivity contribution < 1.29 is 23.9 Å². The fourth-order valence-corrected chi connectivity index (χ4v) is 7.16. The van der Waals surface area contributed by atoms with Crippen LogP contribution in [0.3, 0.4) is 0 Å². The van der Waals surface area contributed by atoms with Crippen molar-refractivity contribution in [2.45, 2.75) is 60.8 Å². The zero-order chi connectivity index (χ0) is 33.0. The van der Waals surface area contributed by atoms with E-state index in [0.29, 0.717) is 40.2 Å². The molecule has 8 bridgehead atoms. The van der Waals surface area contributed by atoms with Crippen LogP contribution in [0, 0.1) is 17.8 Å². The van der Waals surface area contributed by atoms with Crippen molar-refractivity contribution in [1.29, 1.82) is 0 Å². The van der Waals surface area contributed by atoms with Gasteiger partial charge in [0.1, 0.15) is 5.92 Å². The third kappa shape index (κ3) is 4.80. The van der Waals surface area contributed by atoms with Crippen LogP contribution in [0.2, 0.25) is 0 Å². The minimum Gasteiger partial charge on any atom is -0.468 e. The van der Waals surface area contributed by atoms with Gasteiger partial charge >= 0.3 is 11.9 Å². The summed E-state index contributed by atoms with van der Waals surface area (Å²) in [6.07, 6.45) is 9.03. The summed E-state index contributed by atoms with van der Waals surface area (Å²) in [4.78, 5) is 60.0. The van der Waals surface area contributed by atoms with E-state index in [1.807, 2.05) is 45.1 Å². The van der Waals surface area contributed by atoms with Crippen LogP contribution in [-0.4, -0.2) is 54.3 Å². The molecule has 5 aliphatic heterocycles. The fourth-order valence-electron chi connectivity index (χ4n) is 7.16. The second kappa shape index (κ2) is 11.9. The molecule has 0 aromatic rings. The van der Waals surface area contributed by atoms with E-state index in [9.17, 15) is 14.4 Å². The van der Waals surface area contributed by atoms with E-state index in [4.69, 9.17) is 29.4 Å². The molecule has 6 aliphatic rings. The molecule has 0 N–H and O–H groups in total. The van der Waals surface area contributed by atoms with Crippen LogP contribution in [0.25, 0.3) is 0 Å². The van der Waals surface area contributed by atoms with Crippen LogP contribution in [0.1, 0.15) is 60.8 Å². The first kappa shape index (κ1) is 31.2. The van der Waals surface area contributed by atoms with E-state index in [1.165, 1.54) is 7.11 Å². The first-order chi connectivity index (χ1) is 22.0. The summed E-state index contributed by atoms with van der Waals surface area (Å²) in [6.45, 7) is 16.2. The van der Waals surface area contributed by atoms with Crippen LogP contribution < -0.4 is 0 Å². The molecule has 5 heterocycles. The second-order valence-corrected chi connectivity index (χ2v) is 12.1. The van der Waals surface area contributed by atoms with E-state index < -0.39 is 11.9 Å². The van der Waals surface area contributed by atoms with E-state index in [2.05, 4.69) is 20.4 Å². The molecule has 46 heavy (non-hydrogen) atoms. The van der Waals surface area contributed by atoms with Crippen LogP contribution in [0.4, 0.5) is 0 Å². The maximum atomic E-state index is 14.1. The molecule has 3 atom stereocenters. The number of hydrogen-bond donors (Lipinski definition) is 0. The zero-order valence-electron chi connectivity index (χ0n) is 27.4. The molecular weight excluding hydrogens is 580 g/mol. The van der Waals surface area contributed by atoms with Gasteiger partial charge in [0, 0.05) is 40.7 Å². The molecule has 6 rings (SSSR count). The molecule has 0 radical (unpaired) electrons. The van der Waals surface area contributed by atoms with Gasteiger partial charge in [-0.15, -0.1) is 0 Å². The molecule has 0 aromatic carbocycles. The summed E-state index contributed by atoms with van der Waals surface area (Å²) in [6, 6.07) is 0. The van der Waals surface area contributed by atoms with Crippen molar-refractivity contribution in [2.75, 3.05) is 13.7 Å². The Morgan fingerprint density at radius 1 is 0.935 bits per heavy atom. The molecule has 0 unspecified atom stereocenters. The number of methoxy groups -OCH3 is 1. The topological polar surface area (TPSA) is 119 Å². The summed E-state index contributed by atoms with van der Waals surface area (Å²) in [7, 11) is 1.28. The lowest BCUT2D eigenvalue weighted by Gasteiger charge is -2.20. The number of allylic oxidation sites excluding steroid dienone is 11. The third-order valence-corrected chi connectivity index (χ3v) is 9.71. The molecule has 236 valence electrons. The Kier molecular flexibility index (Phi) is 8.04. The molecular formula is C37H38N4O5. The Bertz CT molecular complexity index is 1880. The first-order valence-corrected chi connectivity index (χ1v) is 15.8. The number of ether oxygens (including phenoxy) is 2. The number of ketones is 1. The molecule has 0 saturated heterocycles. The van der Waals surface area contributed by atoms with Crippen molar-refractivity contribution in [3.8, 4) is 0 Å². The maximum Gasteiger partial charge on any atom is 0.321 e. The molecule has 9 nitrogen and oxygen atoms in total. The van der Waals surface area contributed by atoms with Gasteiger partial charge in [0.25, 0.3) is 0 Å². The van der Waals surface area contributed by atoms with Gasteiger partial charge in [0.05, 0.1) is 53.6 Å². The molecule has 1 fully saturated rings. The van der Waals surface area contributed by atoms with Gasteiger partial charge in [0.2, 0.25) is 0 Å². The first-order valence-electron chi connectivity index (χ1n) is 15.8. The number of carbonyl (C=O) groups excluding carboxylic acids is 3. The van der Waals surface area contributed by atoms with Crippen molar-refractivity contribution in [1.82, 2.24) is 0 Å². The monoisotopic (exact) mass is 618 g/mol. The zero-order valence-corrected chi connectivity index (χ0v) is 27.4. The lowest BCUT2D eigenvalue weighted by atomic mass is 9.83. The summed E-state index contributed by atoms with van der Waals surface area (Å²) < 4.78 is 10.4. The number of hydrogen-bond acceptors (Lipinski definition) is 9. The Balaban J connectivity index is 1.66. The van der Waals surface area contributed by atoms with Crippen molar-refractivity contribution in [3.05, 3.63) is 92.7 Å². The number of aliphatic imine (C=N–C) groups is 4. The minimum atomic E-state index is -1.20. The van der Waals surface area contributed by atoms with E-state index in [-0.39, 0.29) is 36.6 Å². The molecule has 0 aromatic heterocycles. The van der Waals surface area contributed by atoms with Crippen molar-refractivity contribution >= 4 is 40.6 Å². The number of carbonyl (C=O) groups is 3. The quantitative estimate of drug-likeness (QED) is 0.247.